The SMILES string of the molecule is CCOc1cc(OCC)c(/C=C(/C#N)C(=O)N2CCN(c3ccccc3)CC2)cc1Br. The van der Waals surface area contributed by atoms with Crippen LogP contribution >= 0.6 is 15.9 Å². The molecule has 3 rings (SSSR count). The number of halogens is 1. The van der Waals surface area contributed by atoms with E-state index in [-0.39, 0.29) is 11.5 Å². The second-order valence-corrected chi connectivity index (χ2v) is 7.83. The summed E-state index contributed by atoms with van der Waals surface area (Å²) in [4.78, 5) is 17.0. The molecular formula is C24H26BrN3O3. The molecule has 1 saturated heterocycles. The number of nitrogens with zero attached hydrogens (tertiary/aromatic N) is 3. The molecular weight excluding hydrogens is 458 g/mol. The fourth-order valence-electron chi connectivity index (χ4n) is 3.48. The van der Waals surface area contributed by atoms with Crippen molar-refractivity contribution >= 4 is 33.6 Å². The highest BCUT2D eigenvalue weighted by Crippen LogP contribution is 2.34. The van der Waals surface area contributed by atoms with Crippen molar-refractivity contribution in [1.29, 1.82) is 5.26 Å². The number of hydrogen-bond donors (Lipinski definition) is 0. The molecule has 7 heteroatoms. The molecule has 0 aliphatic carbocycles. The second-order valence-electron chi connectivity index (χ2n) is 6.97. The first-order chi connectivity index (χ1) is 15.1. The molecule has 0 radical (unpaired) electrons. The molecule has 0 atom stereocenters. The number of hydrogen-bond acceptors (Lipinski definition) is 5. The number of amides is 1. The lowest BCUT2D eigenvalue weighted by Gasteiger charge is -2.36. The fourth-order valence-corrected chi connectivity index (χ4v) is 3.96. The van der Waals surface area contributed by atoms with Gasteiger partial charge in [0.15, 0.2) is 0 Å². The Kier molecular flexibility index (Phi) is 7.96. The van der Waals surface area contributed by atoms with Crippen LogP contribution in [0.2, 0.25) is 0 Å². The molecule has 6 nitrogen and oxygen atoms in total. The monoisotopic (exact) mass is 483 g/mol. The van der Waals surface area contributed by atoms with Gasteiger partial charge in [-0.15, -0.1) is 0 Å². The lowest BCUT2D eigenvalue weighted by Crippen LogP contribution is -2.49. The van der Waals surface area contributed by atoms with Crippen molar-refractivity contribution in [1.82, 2.24) is 4.90 Å². The summed E-state index contributed by atoms with van der Waals surface area (Å²) in [5.41, 5.74) is 1.89. The van der Waals surface area contributed by atoms with Crippen LogP contribution in [-0.2, 0) is 4.79 Å². The zero-order chi connectivity index (χ0) is 22.2. The minimum Gasteiger partial charge on any atom is -0.493 e. The van der Waals surface area contributed by atoms with E-state index in [1.54, 1.807) is 17.0 Å². The van der Waals surface area contributed by atoms with E-state index in [4.69, 9.17) is 9.47 Å². The highest BCUT2D eigenvalue weighted by atomic mass is 79.9. The molecule has 2 aromatic carbocycles. The zero-order valence-corrected chi connectivity index (χ0v) is 19.4. The Labute approximate surface area is 191 Å². The van der Waals surface area contributed by atoms with Crippen molar-refractivity contribution in [3.8, 4) is 17.6 Å². The summed E-state index contributed by atoms with van der Waals surface area (Å²) in [5, 5.41) is 9.69. The van der Waals surface area contributed by atoms with E-state index >= 15 is 0 Å². The van der Waals surface area contributed by atoms with Crippen LogP contribution in [0.5, 0.6) is 11.5 Å². The predicted octanol–water partition coefficient (Wildman–Crippen LogP) is 4.50. The lowest BCUT2D eigenvalue weighted by molar-refractivity contribution is -0.126. The van der Waals surface area contributed by atoms with Crippen molar-refractivity contribution in [2.45, 2.75) is 13.8 Å². The van der Waals surface area contributed by atoms with Crippen LogP contribution in [0.3, 0.4) is 0 Å². The number of rotatable bonds is 7. The van der Waals surface area contributed by atoms with Crippen LogP contribution < -0.4 is 14.4 Å². The number of carbonyl (C=O) groups is 1. The molecule has 0 aromatic heterocycles. The average molecular weight is 484 g/mol. The average Bonchev–Trinajstić information content (AvgIpc) is 2.80. The van der Waals surface area contributed by atoms with Gasteiger partial charge in [-0.2, -0.15) is 5.26 Å². The highest BCUT2D eigenvalue weighted by molar-refractivity contribution is 9.10. The Morgan fingerprint density at radius 3 is 2.32 bits per heavy atom. The van der Waals surface area contributed by atoms with Gasteiger partial charge in [-0.05, 0) is 54.1 Å². The molecule has 0 saturated carbocycles. The third-order valence-electron chi connectivity index (χ3n) is 5.00. The van der Waals surface area contributed by atoms with E-state index in [1.807, 2.05) is 38.1 Å². The number of anilines is 1. The molecule has 0 unspecified atom stereocenters. The van der Waals surface area contributed by atoms with E-state index < -0.39 is 0 Å². The van der Waals surface area contributed by atoms with Gasteiger partial charge in [0.25, 0.3) is 5.91 Å². The summed E-state index contributed by atoms with van der Waals surface area (Å²) in [6, 6.07) is 15.8. The lowest BCUT2D eigenvalue weighted by atomic mass is 10.1. The van der Waals surface area contributed by atoms with Gasteiger partial charge in [-0.25, -0.2) is 0 Å². The number of para-hydroxylation sites is 1. The summed E-state index contributed by atoms with van der Waals surface area (Å²) in [7, 11) is 0. The maximum absolute atomic E-state index is 13.0. The fraction of sp³-hybridized carbons (Fsp3) is 0.333. The zero-order valence-electron chi connectivity index (χ0n) is 17.8. The van der Waals surface area contributed by atoms with Crippen molar-refractivity contribution < 1.29 is 14.3 Å². The van der Waals surface area contributed by atoms with Gasteiger partial charge in [0.2, 0.25) is 0 Å². The van der Waals surface area contributed by atoms with Gasteiger partial charge in [-0.1, -0.05) is 18.2 Å². The van der Waals surface area contributed by atoms with Crippen molar-refractivity contribution in [3.05, 3.63) is 58.1 Å². The third-order valence-corrected chi connectivity index (χ3v) is 5.62. The van der Waals surface area contributed by atoms with E-state index in [2.05, 4.69) is 39.0 Å². The van der Waals surface area contributed by atoms with Crippen molar-refractivity contribution in [3.63, 3.8) is 0 Å². The first kappa shape index (κ1) is 22.7. The standard InChI is InChI=1S/C24H26BrN3O3/c1-3-30-22-16-23(31-4-2)21(25)15-18(22)14-19(17-26)24(29)28-12-10-27(11-13-28)20-8-6-5-7-9-20/h5-9,14-16H,3-4,10-13H2,1-2H3/b19-14-. The summed E-state index contributed by atoms with van der Waals surface area (Å²) in [6.45, 7) is 7.38. The summed E-state index contributed by atoms with van der Waals surface area (Å²) >= 11 is 3.49. The number of ether oxygens (including phenoxy) is 2. The maximum atomic E-state index is 13.0. The van der Waals surface area contributed by atoms with Crippen LogP contribution in [0.4, 0.5) is 5.69 Å². The first-order valence-electron chi connectivity index (χ1n) is 10.4. The van der Waals surface area contributed by atoms with Gasteiger partial charge >= 0.3 is 0 Å². The van der Waals surface area contributed by atoms with Crippen molar-refractivity contribution in [2.24, 2.45) is 0 Å². The van der Waals surface area contributed by atoms with Gasteiger partial charge in [0, 0.05) is 43.5 Å². The summed E-state index contributed by atoms with van der Waals surface area (Å²) in [6.07, 6.45) is 1.59. The molecule has 1 aliphatic rings. The molecule has 0 bridgehead atoms. The Morgan fingerprint density at radius 2 is 1.71 bits per heavy atom. The number of nitriles is 1. The minimum absolute atomic E-state index is 0.0881. The smallest absolute Gasteiger partial charge is 0.264 e. The first-order valence-corrected chi connectivity index (χ1v) is 11.2. The van der Waals surface area contributed by atoms with E-state index in [1.165, 1.54) is 0 Å². The molecule has 1 aliphatic heterocycles. The Hall–Kier alpha value is -2.98. The van der Waals surface area contributed by atoms with E-state index in [0.717, 1.165) is 23.2 Å². The summed E-state index contributed by atoms with van der Waals surface area (Å²) < 4.78 is 12.1. The minimum atomic E-state index is -0.261. The van der Waals surface area contributed by atoms with Crippen LogP contribution in [-0.4, -0.2) is 50.2 Å². The molecule has 1 amide bonds. The quantitative estimate of drug-likeness (QED) is 0.428. The number of benzene rings is 2. The highest BCUT2D eigenvalue weighted by Gasteiger charge is 2.24. The normalized spacial score (nSPS) is 14.2. The maximum Gasteiger partial charge on any atom is 0.264 e. The van der Waals surface area contributed by atoms with E-state index in [9.17, 15) is 10.1 Å². The largest absolute Gasteiger partial charge is 0.493 e. The molecule has 162 valence electrons. The van der Waals surface area contributed by atoms with Crippen LogP contribution in [0.25, 0.3) is 6.08 Å². The van der Waals surface area contributed by atoms with Gasteiger partial charge in [0.1, 0.15) is 23.1 Å². The van der Waals surface area contributed by atoms with Crippen LogP contribution in [0, 0.1) is 11.3 Å². The molecule has 0 N–H and O–H groups in total. The summed E-state index contributed by atoms with van der Waals surface area (Å²) in [5.74, 6) is 0.969. The molecule has 0 spiro atoms. The third kappa shape index (κ3) is 5.59. The Morgan fingerprint density at radius 1 is 1.06 bits per heavy atom. The topological polar surface area (TPSA) is 65.8 Å². The van der Waals surface area contributed by atoms with Gasteiger partial charge < -0.3 is 19.3 Å². The Balaban J connectivity index is 1.78. The van der Waals surface area contributed by atoms with Gasteiger partial charge in [0.05, 0.1) is 17.7 Å². The number of carbonyl (C=O) groups excluding carboxylic acids is 1. The second kappa shape index (κ2) is 10.9. The van der Waals surface area contributed by atoms with Crippen molar-refractivity contribution in [2.75, 3.05) is 44.3 Å². The molecule has 2 aromatic rings. The molecule has 1 heterocycles. The Bertz CT molecular complexity index is 978. The van der Waals surface area contributed by atoms with Crippen LogP contribution in [0.1, 0.15) is 19.4 Å². The van der Waals surface area contributed by atoms with E-state index in [0.29, 0.717) is 43.4 Å². The van der Waals surface area contributed by atoms with Crippen LogP contribution in [0.15, 0.2) is 52.5 Å². The van der Waals surface area contributed by atoms with Gasteiger partial charge in [-0.3, -0.25) is 4.79 Å². The molecule has 1 fully saturated rings. The number of piperazine rings is 1. The molecule has 31 heavy (non-hydrogen) atoms. The predicted molar refractivity (Wildman–Crippen MR) is 125 cm³/mol.